The van der Waals surface area contributed by atoms with E-state index in [0.717, 1.165) is 65.8 Å². The van der Waals surface area contributed by atoms with Crippen LogP contribution in [0.2, 0.25) is 0 Å². The van der Waals surface area contributed by atoms with Gasteiger partial charge in [0.1, 0.15) is 29.0 Å². The first-order valence-electron chi connectivity index (χ1n) is 14.0. The van der Waals surface area contributed by atoms with E-state index in [1.165, 1.54) is 33.6 Å². The molecule has 2 N–H and O–H groups in total. The van der Waals surface area contributed by atoms with Crippen LogP contribution in [0.25, 0.3) is 11.3 Å². The second-order valence-electron chi connectivity index (χ2n) is 11.3. The molecule has 41 heavy (non-hydrogen) atoms. The molecule has 0 aliphatic heterocycles. The van der Waals surface area contributed by atoms with Gasteiger partial charge in [-0.25, -0.2) is 14.8 Å². The van der Waals surface area contributed by atoms with Crippen LogP contribution < -0.4 is 5.32 Å². The minimum absolute atomic E-state index is 0.129. The molecule has 0 radical (unpaired) electrons. The molecular weight excluding hydrogens is 532 g/mol. The minimum atomic E-state index is -1.13. The summed E-state index contributed by atoms with van der Waals surface area (Å²) in [7, 11) is 0. The van der Waals surface area contributed by atoms with Crippen molar-refractivity contribution in [2.45, 2.75) is 70.6 Å². The van der Waals surface area contributed by atoms with Crippen molar-refractivity contribution in [3.8, 4) is 17.3 Å². The van der Waals surface area contributed by atoms with Crippen molar-refractivity contribution in [2.75, 3.05) is 0 Å². The zero-order chi connectivity index (χ0) is 28.6. The van der Waals surface area contributed by atoms with E-state index in [1.54, 1.807) is 26.1 Å². The van der Waals surface area contributed by atoms with Crippen molar-refractivity contribution >= 4 is 17.4 Å². The van der Waals surface area contributed by atoms with Crippen LogP contribution in [0.4, 0.5) is 4.79 Å². The lowest BCUT2D eigenvalue weighted by atomic mass is 9.90. The van der Waals surface area contributed by atoms with E-state index in [9.17, 15) is 15.2 Å². The number of hydrogen-bond acceptors (Lipinski definition) is 7. The maximum absolute atomic E-state index is 13.1. The number of ether oxygens (including phenoxy) is 1. The number of aryl methyl sites for hydroxylation is 2. The van der Waals surface area contributed by atoms with Crippen LogP contribution in [0.15, 0.2) is 54.7 Å². The van der Waals surface area contributed by atoms with Crippen LogP contribution in [0.3, 0.4) is 0 Å². The van der Waals surface area contributed by atoms with Gasteiger partial charge in [-0.15, -0.1) is 11.3 Å². The number of aromatic nitrogens is 2. The molecule has 2 aliphatic rings. The number of fused-ring (bicyclic) bond motifs is 2. The quantitative estimate of drug-likeness (QED) is 0.273. The summed E-state index contributed by atoms with van der Waals surface area (Å²) in [5.41, 5.74) is 8.16. The predicted octanol–water partition coefficient (Wildman–Crippen LogP) is 6.30. The Balaban J connectivity index is 1.42. The first-order valence-corrected chi connectivity index (χ1v) is 14.9. The molecule has 4 aromatic rings. The van der Waals surface area contributed by atoms with E-state index in [4.69, 9.17) is 9.72 Å². The van der Waals surface area contributed by atoms with Crippen molar-refractivity contribution in [2.24, 2.45) is 0 Å². The third-order valence-corrected chi connectivity index (χ3v) is 9.21. The molecule has 1 unspecified atom stereocenters. The minimum Gasteiger partial charge on any atom is -0.445 e. The molecule has 0 spiro atoms. The van der Waals surface area contributed by atoms with Crippen molar-refractivity contribution in [3.05, 3.63) is 104 Å². The van der Waals surface area contributed by atoms with Crippen LogP contribution in [0, 0.1) is 11.3 Å². The summed E-state index contributed by atoms with van der Waals surface area (Å²) < 4.78 is 5.57. The highest BCUT2D eigenvalue weighted by atomic mass is 32.1. The Labute approximate surface area is 243 Å². The number of nitriles is 1. The molecule has 0 saturated heterocycles. The highest BCUT2D eigenvalue weighted by Gasteiger charge is 2.29. The molecule has 208 valence electrons. The molecule has 0 bridgehead atoms. The second kappa shape index (κ2) is 11.1. The van der Waals surface area contributed by atoms with Crippen LogP contribution in [-0.2, 0) is 42.6 Å². The number of alkyl carbamates (subject to hydrolysis) is 1. The Kier molecular flexibility index (Phi) is 7.33. The monoisotopic (exact) mass is 564 g/mol. The number of carbonyl (C=O) groups excluding carboxylic acids is 1. The van der Waals surface area contributed by atoms with Crippen LogP contribution in [-0.4, -0.2) is 21.2 Å². The summed E-state index contributed by atoms with van der Waals surface area (Å²) in [6, 6.07) is 17.2. The number of nitrogens with zero attached hydrogens (tertiary/aromatic N) is 3. The van der Waals surface area contributed by atoms with Gasteiger partial charge in [-0.1, -0.05) is 36.4 Å². The van der Waals surface area contributed by atoms with Crippen LogP contribution in [0.5, 0.6) is 0 Å². The van der Waals surface area contributed by atoms with Gasteiger partial charge in [0.15, 0.2) is 0 Å². The second-order valence-corrected chi connectivity index (χ2v) is 12.3. The Bertz CT molecular complexity index is 1620. The van der Waals surface area contributed by atoms with E-state index in [2.05, 4.69) is 22.4 Å². The number of aliphatic hydroxyl groups is 1. The average molecular weight is 565 g/mol. The molecule has 2 aliphatic carbocycles. The maximum atomic E-state index is 13.1. The number of hydrogen-bond donors (Lipinski definition) is 2. The van der Waals surface area contributed by atoms with E-state index in [1.807, 2.05) is 36.4 Å². The highest BCUT2D eigenvalue weighted by Crippen LogP contribution is 2.41. The first kappa shape index (κ1) is 27.1. The molecule has 2 aromatic heterocycles. The highest BCUT2D eigenvalue weighted by molar-refractivity contribution is 7.11. The van der Waals surface area contributed by atoms with Gasteiger partial charge in [0, 0.05) is 11.8 Å². The van der Waals surface area contributed by atoms with Gasteiger partial charge in [-0.05, 0) is 97.9 Å². The summed E-state index contributed by atoms with van der Waals surface area (Å²) in [4.78, 5) is 23.1. The van der Waals surface area contributed by atoms with Crippen LogP contribution >= 0.6 is 11.3 Å². The molecule has 7 nitrogen and oxygen atoms in total. The van der Waals surface area contributed by atoms with Crippen molar-refractivity contribution in [1.82, 2.24) is 15.3 Å². The third kappa shape index (κ3) is 5.61. The molecule has 0 saturated carbocycles. The van der Waals surface area contributed by atoms with Gasteiger partial charge in [0.05, 0.1) is 16.6 Å². The summed E-state index contributed by atoms with van der Waals surface area (Å²) in [5, 5.41) is 24.1. The summed E-state index contributed by atoms with van der Waals surface area (Å²) >= 11 is 1.32. The standard InChI is InChI=1S/C33H32N4O3S/c1-33(2,39)31-35-18-28(41-31)30(37-32(38)40-19-20-8-4-3-5-9-20)23-15-24(17-34)36-27(16-23)29-25-12-6-10-21(25)14-22-11-7-13-26(22)29/h3-5,8-9,14-16,18,30,39H,6-7,10-13,19H2,1-2H3,(H,37,38). The van der Waals surface area contributed by atoms with Gasteiger partial charge in [-0.2, -0.15) is 5.26 Å². The zero-order valence-electron chi connectivity index (χ0n) is 23.2. The van der Waals surface area contributed by atoms with Gasteiger partial charge < -0.3 is 15.2 Å². The lowest BCUT2D eigenvalue weighted by Crippen LogP contribution is -2.29. The fourth-order valence-corrected chi connectivity index (χ4v) is 6.93. The van der Waals surface area contributed by atoms with E-state index < -0.39 is 17.7 Å². The fourth-order valence-electron chi connectivity index (χ4n) is 5.93. The summed E-state index contributed by atoms with van der Waals surface area (Å²) in [6.45, 7) is 3.49. The Morgan fingerprint density at radius 1 is 1.10 bits per heavy atom. The summed E-state index contributed by atoms with van der Waals surface area (Å²) in [5.74, 6) is 0. The first-order chi connectivity index (χ1) is 19.8. The van der Waals surface area contributed by atoms with Crippen molar-refractivity contribution < 1.29 is 14.6 Å². The van der Waals surface area contributed by atoms with Gasteiger partial charge in [0.2, 0.25) is 0 Å². The Morgan fingerprint density at radius 3 is 2.44 bits per heavy atom. The molecule has 6 rings (SSSR count). The van der Waals surface area contributed by atoms with E-state index in [0.29, 0.717) is 5.01 Å². The Morgan fingerprint density at radius 2 is 1.80 bits per heavy atom. The zero-order valence-corrected chi connectivity index (χ0v) is 24.1. The molecular formula is C33H32N4O3S. The molecule has 1 atom stereocenters. The average Bonchev–Trinajstić information content (AvgIpc) is 3.74. The number of amides is 1. The summed E-state index contributed by atoms with van der Waals surface area (Å²) in [6.07, 6.45) is 7.46. The molecule has 8 heteroatoms. The predicted molar refractivity (Wildman–Crippen MR) is 157 cm³/mol. The Hall–Kier alpha value is -4.06. The maximum Gasteiger partial charge on any atom is 0.408 e. The lowest BCUT2D eigenvalue weighted by Gasteiger charge is -2.20. The molecule has 1 amide bonds. The van der Waals surface area contributed by atoms with E-state index >= 15 is 0 Å². The number of nitrogens with one attached hydrogen (secondary N) is 1. The number of benzene rings is 2. The third-order valence-electron chi connectivity index (χ3n) is 7.83. The van der Waals surface area contributed by atoms with Crippen molar-refractivity contribution in [3.63, 3.8) is 0 Å². The molecule has 2 aromatic carbocycles. The lowest BCUT2D eigenvalue weighted by molar-refractivity contribution is 0.0783. The molecule has 2 heterocycles. The van der Waals surface area contributed by atoms with Gasteiger partial charge in [-0.3, -0.25) is 0 Å². The number of carbonyl (C=O) groups is 1. The topological polar surface area (TPSA) is 108 Å². The largest absolute Gasteiger partial charge is 0.445 e. The van der Waals surface area contributed by atoms with Crippen molar-refractivity contribution in [1.29, 1.82) is 5.26 Å². The number of pyridine rings is 1. The smallest absolute Gasteiger partial charge is 0.408 e. The van der Waals surface area contributed by atoms with Crippen LogP contribution in [0.1, 0.15) is 81.7 Å². The van der Waals surface area contributed by atoms with E-state index in [-0.39, 0.29) is 12.3 Å². The molecule has 0 fully saturated rings. The number of rotatable bonds is 7. The number of thiazole rings is 1. The SMILES string of the molecule is CC(C)(O)c1ncc(C(NC(=O)OCc2ccccc2)c2cc(C#N)nc(-c3c4c(cc5c3CCC5)CCC4)c2)s1. The normalized spacial score (nSPS) is 14.7. The fraction of sp³-hybridized carbons (Fsp3) is 0.333. The van der Waals surface area contributed by atoms with Gasteiger partial charge >= 0.3 is 6.09 Å². The van der Waals surface area contributed by atoms with Gasteiger partial charge in [0.25, 0.3) is 0 Å².